The van der Waals surface area contributed by atoms with Crippen LogP contribution < -0.4 is 10.9 Å². The molecule has 3 rings (SSSR count). The summed E-state index contributed by atoms with van der Waals surface area (Å²) in [6.07, 6.45) is 0.752. The lowest BCUT2D eigenvalue weighted by atomic mass is 10.1. The summed E-state index contributed by atoms with van der Waals surface area (Å²) < 4.78 is 6.29. The van der Waals surface area contributed by atoms with E-state index in [9.17, 15) is 9.59 Å². The quantitative estimate of drug-likeness (QED) is 0.737. The number of carbonyl (C=O) groups is 1. The highest BCUT2D eigenvalue weighted by Gasteiger charge is 2.08. The van der Waals surface area contributed by atoms with Crippen LogP contribution in [-0.2, 0) is 11.3 Å². The number of benzene rings is 1. The second-order valence-corrected chi connectivity index (χ2v) is 6.12. The minimum absolute atomic E-state index is 0.180. The van der Waals surface area contributed by atoms with Crippen LogP contribution in [0.4, 0.5) is 5.82 Å². The molecule has 0 fully saturated rings. The first-order valence-electron chi connectivity index (χ1n) is 8.39. The van der Waals surface area contributed by atoms with Crippen LogP contribution in [0, 0.1) is 13.8 Å². The summed E-state index contributed by atoms with van der Waals surface area (Å²) in [4.78, 5) is 23.9. The number of nitrogens with one attached hydrogen (secondary N) is 1. The molecule has 1 amide bonds. The first-order valence-corrected chi connectivity index (χ1v) is 8.39. The number of rotatable bonds is 6. The van der Waals surface area contributed by atoms with Gasteiger partial charge >= 0.3 is 0 Å². The summed E-state index contributed by atoms with van der Waals surface area (Å²) in [5, 5.41) is 10.8. The second-order valence-electron chi connectivity index (χ2n) is 6.12. The fraction of sp³-hybridized carbons (Fsp3) is 0.263. The summed E-state index contributed by atoms with van der Waals surface area (Å²) >= 11 is 0. The van der Waals surface area contributed by atoms with Gasteiger partial charge in [-0.3, -0.25) is 9.59 Å². The highest BCUT2D eigenvalue weighted by molar-refractivity contribution is 5.89. The number of aromatic nitrogens is 3. The smallest absolute Gasteiger partial charge is 0.266 e. The molecule has 0 spiro atoms. The molecular formula is C19H20N4O3. The van der Waals surface area contributed by atoms with Gasteiger partial charge in [0, 0.05) is 30.7 Å². The minimum atomic E-state index is -0.187. The monoisotopic (exact) mass is 352 g/mol. The molecule has 0 aliphatic carbocycles. The molecule has 0 bridgehead atoms. The van der Waals surface area contributed by atoms with E-state index in [1.165, 1.54) is 10.7 Å². The van der Waals surface area contributed by atoms with Crippen LogP contribution in [0.25, 0.3) is 11.3 Å². The highest BCUT2D eigenvalue weighted by atomic mass is 16.5. The summed E-state index contributed by atoms with van der Waals surface area (Å²) in [6, 6.07) is 12.8. The standard InChI is InChI=1S/C19H20N4O3/c1-13-5-7-15(8-6-13)16-9-10-19(25)23(21-16)11-3-4-18(24)20-17-12-14(2)26-22-17/h5-10,12H,3-4,11H2,1-2H3,(H,20,22,24). The van der Waals surface area contributed by atoms with Crippen molar-refractivity contribution in [2.24, 2.45) is 0 Å². The number of anilines is 1. The van der Waals surface area contributed by atoms with Crippen LogP contribution in [-0.4, -0.2) is 20.8 Å². The zero-order chi connectivity index (χ0) is 18.5. The first-order chi connectivity index (χ1) is 12.5. The van der Waals surface area contributed by atoms with E-state index in [1.807, 2.05) is 31.2 Å². The van der Waals surface area contributed by atoms with Gasteiger partial charge in [0.15, 0.2) is 5.82 Å². The van der Waals surface area contributed by atoms with Crippen LogP contribution >= 0.6 is 0 Å². The van der Waals surface area contributed by atoms with Gasteiger partial charge in [0.05, 0.1) is 5.69 Å². The van der Waals surface area contributed by atoms with Gasteiger partial charge < -0.3 is 9.84 Å². The highest BCUT2D eigenvalue weighted by Crippen LogP contribution is 2.16. The number of hydrogen-bond acceptors (Lipinski definition) is 5. The number of nitrogens with zero attached hydrogens (tertiary/aromatic N) is 3. The Hall–Kier alpha value is -3.22. The van der Waals surface area contributed by atoms with Gasteiger partial charge in [-0.2, -0.15) is 5.10 Å². The fourth-order valence-corrected chi connectivity index (χ4v) is 2.51. The third kappa shape index (κ3) is 4.44. The molecule has 3 aromatic rings. The van der Waals surface area contributed by atoms with Crippen molar-refractivity contribution in [2.75, 3.05) is 5.32 Å². The Kier molecular flexibility index (Phi) is 5.26. The van der Waals surface area contributed by atoms with Crippen molar-refractivity contribution in [2.45, 2.75) is 33.2 Å². The lowest BCUT2D eigenvalue weighted by Crippen LogP contribution is -2.23. The molecule has 0 saturated carbocycles. The van der Waals surface area contributed by atoms with Gasteiger partial charge in [-0.1, -0.05) is 35.0 Å². The molecule has 0 atom stereocenters. The van der Waals surface area contributed by atoms with Gasteiger partial charge in [-0.15, -0.1) is 0 Å². The zero-order valence-corrected chi connectivity index (χ0v) is 14.7. The summed E-state index contributed by atoms with van der Waals surface area (Å²) in [6.45, 7) is 4.13. The Bertz CT molecular complexity index is 957. The molecule has 7 nitrogen and oxygen atoms in total. The van der Waals surface area contributed by atoms with Crippen molar-refractivity contribution in [3.8, 4) is 11.3 Å². The van der Waals surface area contributed by atoms with E-state index in [1.54, 1.807) is 19.1 Å². The number of aryl methyl sites for hydroxylation is 3. The largest absolute Gasteiger partial charge is 0.360 e. The van der Waals surface area contributed by atoms with Crippen LogP contribution in [0.15, 0.2) is 51.8 Å². The Morgan fingerprint density at radius 3 is 2.62 bits per heavy atom. The Labute approximate surface area is 150 Å². The molecule has 7 heteroatoms. The molecule has 1 N–H and O–H groups in total. The van der Waals surface area contributed by atoms with E-state index in [-0.39, 0.29) is 17.9 Å². The maximum Gasteiger partial charge on any atom is 0.266 e. The molecule has 26 heavy (non-hydrogen) atoms. The summed E-state index contributed by atoms with van der Waals surface area (Å²) in [5.74, 6) is 0.842. The van der Waals surface area contributed by atoms with E-state index in [0.29, 0.717) is 24.5 Å². The second kappa shape index (κ2) is 7.77. The molecule has 2 aromatic heterocycles. The normalized spacial score (nSPS) is 10.7. The predicted molar refractivity (Wildman–Crippen MR) is 97.8 cm³/mol. The van der Waals surface area contributed by atoms with Crippen molar-refractivity contribution in [1.82, 2.24) is 14.9 Å². The van der Waals surface area contributed by atoms with E-state index >= 15 is 0 Å². The van der Waals surface area contributed by atoms with Crippen molar-refractivity contribution >= 4 is 11.7 Å². The van der Waals surface area contributed by atoms with E-state index < -0.39 is 0 Å². The molecule has 0 saturated heterocycles. The third-order valence-electron chi connectivity index (χ3n) is 3.88. The van der Waals surface area contributed by atoms with Crippen molar-refractivity contribution < 1.29 is 9.32 Å². The van der Waals surface area contributed by atoms with Crippen molar-refractivity contribution in [1.29, 1.82) is 0 Å². The molecule has 0 unspecified atom stereocenters. The lowest BCUT2D eigenvalue weighted by molar-refractivity contribution is -0.116. The Balaban J connectivity index is 1.60. The van der Waals surface area contributed by atoms with Gasteiger partial charge in [-0.05, 0) is 26.3 Å². The predicted octanol–water partition coefficient (Wildman–Crippen LogP) is 2.93. The zero-order valence-electron chi connectivity index (χ0n) is 14.7. The topological polar surface area (TPSA) is 90.0 Å². The molecule has 2 heterocycles. The Morgan fingerprint density at radius 2 is 1.92 bits per heavy atom. The first kappa shape index (κ1) is 17.6. The van der Waals surface area contributed by atoms with Gasteiger partial charge in [-0.25, -0.2) is 4.68 Å². The van der Waals surface area contributed by atoms with Gasteiger partial charge in [0.2, 0.25) is 5.91 Å². The van der Waals surface area contributed by atoms with Gasteiger partial charge in [0.1, 0.15) is 5.76 Å². The van der Waals surface area contributed by atoms with Crippen LogP contribution in [0.5, 0.6) is 0 Å². The van der Waals surface area contributed by atoms with E-state index in [0.717, 1.165) is 16.8 Å². The molecule has 0 aliphatic rings. The molecule has 0 aliphatic heterocycles. The average molecular weight is 352 g/mol. The molecule has 134 valence electrons. The molecule has 1 aromatic carbocycles. The fourth-order valence-electron chi connectivity index (χ4n) is 2.51. The number of amides is 1. The summed E-state index contributed by atoms with van der Waals surface area (Å²) in [5.41, 5.74) is 2.65. The van der Waals surface area contributed by atoms with E-state index in [4.69, 9.17) is 4.52 Å². The van der Waals surface area contributed by atoms with Crippen LogP contribution in [0.3, 0.4) is 0 Å². The number of carbonyl (C=O) groups excluding carboxylic acids is 1. The van der Waals surface area contributed by atoms with Crippen LogP contribution in [0.1, 0.15) is 24.2 Å². The maximum absolute atomic E-state index is 12.0. The summed E-state index contributed by atoms with van der Waals surface area (Å²) in [7, 11) is 0. The molecule has 0 radical (unpaired) electrons. The SMILES string of the molecule is Cc1ccc(-c2ccc(=O)n(CCCC(=O)Nc3cc(C)on3)n2)cc1. The maximum atomic E-state index is 12.0. The lowest BCUT2D eigenvalue weighted by Gasteiger charge is -2.07. The van der Waals surface area contributed by atoms with Crippen molar-refractivity contribution in [3.05, 3.63) is 64.1 Å². The van der Waals surface area contributed by atoms with Crippen LogP contribution in [0.2, 0.25) is 0 Å². The molecular weight excluding hydrogens is 332 g/mol. The average Bonchev–Trinajstić information content (AvgIpc) is 3.02. The Morgan fingerprint density at radius 1 is 1.15 bits per heavy atom. The minimum Gasteiger partial charge on any atom is -0.360 e. The van der Waals surface area contributed by atoms with Crippen molar-refractivity contribution in [3.63, 3.8) is 0 Å². The van der Waals surface area contributed by atoms with E-state index in [2.05, 4.69) is 15.6 Å². The van der Waals surface area contributed by atoms with Gasteiger partial charge in [0.25, 0.3) is 5.56 Å². The third-order valence-corrected chi connectivity index (χ3v) is 3.88. The number of hydrogen-bond donors (Lipinski definition) is 1.